The molecule has 0 saturated heterocycles. The number of aromatic nitrogens is 2. The molecule has 40 heavy (non-hydrogen) atoms. The zero-order valence-electron chi connectivity index (χ0n) is 21.5. The number of pyridine rings is 1. The van der Waals surface area contributed by atoms with Crippen molar-refractivity contribution in [1.29, 1.82) is 0 Å². The van der Waals surface area contributed by atoms with E-state index in [1.807, 2.05) is 36.4 Å². The van der Waals surface area contributed by atoms with Gasteiger partial charge in [-0.25, -0.2) is 9.78 Å². The van der Waals surface area contributed by atoms with E-state index < -0.39 is 18.0 Å². The summed E-state index contributed by atoms with van der Waals surface area (Å²) in [6.07, 6.45) is -0.912. The Morgan fingerprint density at radius 2 is 1.73 bits per heavy atom. The van der Waals surface area contributed by atoms with E-state index in [1.54, 1.807) is 48.7 Å². The van der Waals surface area contributed by atoms with Gasteiger partial charge in [0.05, 0.1) is 10.7 Å². The SMILES string of the molecule is CCC(OC(=O)c1c(-c2ccccc2)c2ccccc2c(=O)n1C)C(=O)Nc1nc(-c2ccc(Cl)cc2Cl)cs1. The molecule has 1 unspecified atom stereocenters. The number of fused-ring (bicyclic) bond motifs is 1. The molecular weight excluding hydrogens is 569 g/mol. The fourth-order valence-corrected chi connectivity index (χ4v) is 5.67. The number of nitrogens with one attached hydrogen (secondary N) is 1. The normalized spacial score (nSPS) is 11.8. The Morgan fingerprint density at radius 1 is 1.02 bits per heavy atom. The standard InChI is InChI=1S/C30H23Cl2N3O4S/c1-3-24(27(36)34-30-33-23(16-40-30)21-14-13-18(31)15-22(21)32)39-29(38)26-25(17-9-5-4-6-10-17)19-11-7-8-12-20(19)28(37)35(26)2/h4-16,24H,3H2,1-2H3,(H,33,34,36). The second-order valence-electron chi connectivity index (χ2n) is 8.95. The van der Waals surface area contributed by atoms with Gasteiger partial charge in [-0.05, 0) is 41.6 Å². The first-order valence-corrected chi connectivity index (χ1v) is 14.0. The molecule has 1 amide bonds. The van der Waals surface area contributed by atoms with Gasteiger partial charge in [-0.15, -0.1) is 11.3 Å². The van der Waals surface area contributed by atoms with Gasteiger partial charge in [0.1, 0.15) is 5.69 Å². The Labute approximate surface area is 244 Å². The Bertz CT molecular complexity index is 1800. The minimum atomic E-state index is -1.12. The van der Waals surface area contributed by atoms with Crippen LogP contribution in [0.1, 0.15) is 23.8 Å². The minimum absolute atomic E-state index is 0.0649. The molecule has 202 valence electrons. The Balaban J connectivity index is 1.44. The molecule has 1 atom stereocenters. The molecule has 5 aromatic rings. The maximum atomic E-state index is 13.6. The summed E-state index contributed by atoms with van der Waals surface area (Å²) in [5.74, 6) is -1.31. The summed E-state index contributed by atoms with van der Waals surface area (Å²) in [6.45, 7) is 1.73. The number of nitrogens with zero attached hydrogens (tertiary/aromatic N) is 2. The highest BCUT2D eigenvalue weighted by atomic mass is 35.5. The largest absolute Gasteiger partial charge is 0.448 e. The molecular formula is C30H23Cl2N3O4S. The van der Waals surface area contributed by atoms with Crippen molar-refractivity contribution in [2.75, 3.05) is 5.32 Å². The topological polar surface area (TPSA) is 90.3 Å². The van der Waals surface area contributed by atoms with E-state index in [1.165, 1.54) is 23.0 Å². The van der Waals surface area contributed by atoms with Crippen LogP contribution in [-0.4, -0.2) is 27.5 Å². The fourth-order valence-electron chi connectivity index (χ4n) is 4.45. The van der Waals surface area contributed by atoms with Crippen molar-refractivity contribution in [2.45, 2.75) is 19.4 Å². The molecule has 0 spiro atoms. The van der Waals surface area contributed by atoms with Gasteiger partial charge < -0.3 is 9.30 Å². The lowest BCUT2D eigenvalue weighted by molar-refractivity contribution is -0.124. The molecule has 2 aromatic heterocycles. The second-order valence-corrected chi connectivity index (χ2v) is 10.7. The van der Waals surface area contributed by atoms with Crippen molar-refractivity contribution in [3.8, 4) is 22.4 Å². The fraction of sp³-hybridized carbons (Fsp3) is 0.133. The van der Waals surface area contributed by atoms with E-state index in [0.717, 1.165) is 5.56 Å². The van der Waals surface area contributed by atoms with Gasteiger partial charge in [0.25, 0.3) is 11.5 Å². The van der Waals surface area contributed by atoms with Crippen LogP contribution >= 0.6 is 34.5 Å². The molecule has 3 aromatic carbocycles. The minimum Gasteiger partial charge on any atom is -0.448 e. The van der Waals surface area contributed by atoms with Crippen LogP contribution in [0.3, 0.4) is 0 Å². The van der Waals surface area contributed by atoms with Crippen molar-refractivity contribution in [3.05, 3.63) is 104 Å². The molecule has 0 aliphatic heterocycles. The molecule has 7 nitrogen and oxygen atoms in total. The van der Waals surface area contributed by atoms with Crippen molar-refractivity contribution in [3.63, 3.8) is 0 Å². The molecule has 0 bridgehead atoms. The second kappa shape index (κ2) is 11.6. The highest BCUT2D eigenvalue weighted by Gasteiger charge is 2.28. The van der Waals surface area contributed by atoms with Crippen LogP contribution in [0.2, 0.25) is 10.0 Å². The van der Waals surface area contributed by atoms with E-state index in [2.05, 4.69) is 10.3 Å². The summed E-state index contributed by atoms with van der Waals surface area (Å²) in [7, 11) is 1.53. The van der Waals surface area contributed by atoms with E-state index in [4.69, 9.17) is 27.9 Å². The number of esters is 1. The Morgan fingerprint density at radius 3 is 2.42 bits per heavy atom. The number of rotatable bonds is 7. The number of carbonyl (C=O) groups is 2. The average molecular weight is 593 g/mol. The number of amides is 1. The highest BCUT2D eigenvalue weighted by Crippen LogP contribution is 2.33. The van der Waals surface area contributed by atoms with Crippen LogP contribution in [0.5, 0.6) is 0 Å². The first-order chi connectivity index (χ1) is 19.3. The highest BCUT2D eigenvalue weighted by molar-refractivity contribution is 7.14. The predicted molar refractivity (Wildman–Crippen MR) is 160 cm³/mol. The van der Waals surface area contributed by atoms with E-state index >= 15 is 0 Å². The third-order valence-corrected chi connectivity index (χ3v) is 7.72. The van der Waals surface area contributed by atoms with Gasteiger partial charge in [-0.1, -0.05) is 78.7 Å². The molecule has 2 heterocycles. The molecule has 5 rings (SSSR count). The maximum absolute atomic E-state index is 13.6. The van der Waals surface area contributed by atoms with Crippen LogP contribution in [0.25, 0.3) is 33.2 Å². The van der Waals surface area contributed by atoms with E-state index in [0.29, 0.717) is 42.8 Å². The smallest absolute Gasteiger partial charge is 0.356 e. The van der Waals surface area contributed by atoms with Gasteiger partial charge in [0.15, 0.2) is 11.2 Å². The number of thiazole rings is 1. The number of anilines is 1. The number of carbonyl (C=O) groups excluding carboxylic acids is 2. The van der Waals surface area contributed by atoms with Crippen molar-refractivity contribution < 1.29 is 14.3 Å². The lowest BCUT2D eigenvalue weighted by Gasteiger charge is -2.20. The Kier molecular flexibility index (Phi) is 8.02. The van der Waals surface area contributed by atoms with Crippen molar-refractivity contribution >= 4 is 62.3 Å². The van der Waals surface area contributed by atoms with Gasteiger partial charge in [-0.3, -0.25) is 14.9 Å². The average Bonchev–Trinajstić information content (AvgIpc) is 3.41. The summed E-state index contributed by atoms with van der Waals surface area (Å²) in [6, 6.07) is 21.5. The van der Waals surface area contributed by atoms with Crippen LogP contribution < -0.4 is 10.9 Å². The number of hydrogen-bond donors (Lipinski definition) is 1. The molecule has 1 N–H and O–H groups in total. The maximum Gasteiger partial charge on any atom is 0.356 e. The monoisotopic (exact) mass is 591 g/mol. The van der Waals surface area contributed by atoms with Gasteiger partial charge >= 0.3 is 5.97 Å². The molecule has 0 saturated carbocycles. The number of benzene rings is 3. The molecule has 0 aliphatic carbocycles. The third-order valence-electron chi connectivity index (χ3n) is 6.41. The molecule has 0 aliphatic rings. The summed E-state index contributed by atoms with van der Waals surface area (Å²) >= 11 is 13.5. The van der Waals surface area contributed by atoms with Crippen LogP contribution in [0.15, 0.2) is 83.0 Å². The van der Waals surface area contributed by atoms with Crippen molar-refractivity contribution in [1.82, 2.24) is 9.55 Å². The van der Waals surface area contributed by atoms with Gasteiger partial charge in [0, 0.05) is 34.0 Å². The lowest BCUT2D eigenvalue weighted by atomic mass is 9.97. The summed E-state index contributed by atoms with van der Waals surface area (Å²) < 4.78 is 7.00. The van der Waals surface area contributed by atoms with Gasteiger partial charge in [0.2, 0.25) is 0 Å². The molecule has 10 heteroatoms. The van der Waals surface area contributed by atoms with Crippen LogP contribution in [0, 0.1) is 0 Å². The lowest BCUT2D eigenvalue weighted by Crippen LogP contribution is -2.34. The van der Waals surface area contributed by atoms with Crippen LogP contribution in [0.4, 0.5) is 5.13 Å². The summed E-state index contributed by atoms with van der Waals surface area (Å²) in [4.78, 5) is 44.4. The molecule has 0 fully saturated rings. The number of halogens is 2. The van der Waals surface area contributed by atoms with Crippen LogP contribution in [-0.2, 0) is 16.6 Å². The zero-order chi connectivity index (χ0) is 28.4. The first-order valence-electron chi connectivity index (χ1n) is 12.4. The third kappa shape index (κ3) is 5.38. The zero-order valence-corrected chi connectivity index (χ0v) is 23.8. The van der Waals surface area contributed by atoms with Gasteiger partial charge in [-0.2, -0.15) is 0 Å². The summed E-state index contributed by atoms with van der Waals surface area (Å²) in [5, 5.41) is 6.85. The Hall–Kier alpha value is -3.98. The van der Waals surface area contributed by atoms with E-state index in [9.17, 15) is 14.4 Å². The quantitative estimate of drug-likeness (QED) is 0.202. The van der Waals surface area contributed by atoms with Crippen molar-refractivity contribution in [2.24, 2.45) is 7.05 Å². The molecule has 0 radical (unpaired) electrons. The van der Waals surface area contributed by atoms with E-state index in [-0.39, 0.29) is 17.7 Å². The summed E-state index contributed by atoms with van der Waals surface area (Å²) in [5.41, 5.74) is 2.28. The first kappa shape index (κ1) is 27.6. The number of hydrogen-bond acceptors (Lipinski definition) is 6. The predicted octanol–water partition coefficient (Wildman–Crippen LogP) is 7.21. The number of ether oxygens (including phenoxy) is 1.